The van der Waals surface area contributed by atoms with Gasteiger partial charge in [0, 0.05) is 17.6 Å². The van der Waals surface area contributed by atoms with Crippen molar-refractivity contribution in [1.29, 1.82) is 0 Å². The van der Waals surface area contributed by atoms with Gasteiger partial charge in [0.2, 0.25) is 15.9 Å². The summed E-state index contributed by atoms with van der Waals surface area (Å²) in [5.41, 5.74) is 7.46. The Labute approximate surface area is 149 Å². The van der Waals surface area contributed by atoms with Crippen LogP contribution in [0.5, 0.6) is 0 Å². The van der Waals surface area contributed by atoms with Gasteiger partial charge in [-0.3, -0.25) is 4.79 Å². The molecule has 2 aliphatic rings. The molecule has 1 amide bonds. The van der Waals surface area contributed by atoms with Gasteiger partial charge in [0.15, 0.2) is 0 Å². The third-order valence-corrected chi connectivity index (χ3v) is 7.35. The van der Waals surface area contributed by atoms with Crippen molar-refractivity contribution in [3.05, 3.63) is 23.8 Å². The van der Waals surface area contributed by atoms with E-state index in [1.54, 1.807) is 19.1 Å². The van der Waals surface area contributed by atoms with Gasteiger partial charge in [0.1, 0.15) is 0 Å². The van der Waals surface area contributed by atoms with Crippen molar-refractivity contribution < 1.29 is 13.2 Å². The fourth-order valence-electron chi connectivity index (χ4n) is 4.32. The molecule has 0 aromatic heterocycles. The molecule has 3 rings (SSSR count). The second-order valence-corrected chi connectivity index (χ2v) is 9.23. The maximum Gasteiger partial charge on any atom is 0.240 e. The molecule has 2 fully saturated rings. The number of amides is 1. The third kappa shape index (κ3) is 3.73. The van der Waals surface area contributed by atoms with Gasteiger partial charge in [-0.15, -0.1) is 0 Å². The average Bonchev–Trinajstić information content (AvgIpc) is 2.56. The number of rotatable bonds is 4. The summed E-state index contributed by atoms with van der Waals surface area (Å²) in [6, 6.07) is 5.21. The van der Waals surface area contributed by atoms with Gasteiger partial charge in [0.25, 0.3) is 0 Å². The number of nitrogens with one attached hydrogen (secondary N) is 2. The van der Waals surface area contributed by atoms with Crippen LogP contribution < -0.4 is 15.8 Å². The first-order valence-electron chi connectivity index (χ1n) is 8.92. The molecule has 2 atom stereocenters. The minimum absolute atomic E-state index is 0.0274. The molecular formula is C18H27N3O3S. The molecule has 0 saturated heterocycles. The van der Waals surface area contributed by atoms with Crippen molar-refractivity contribution in [3.63, 3.8) is 0 Å². The number of carbonyl (C=O) groups is 1. The van der Waals surface area contributed by atoms with Gasteiger partial charge in [-0.2, -0.15) is 0 Å². The zero-order chi connectivity index (χ0) is 18.2. The molecule has 0 aliphatic heterocycles. The Morgan fingerprint density at radius 1 is 1.20 bits per heavy atom. The zero-order valence-corrected chi connectivity index (χ0v) is 15.6. The van der Waals surface area contributed by atoms with E-state index in [1.165, 1.54) is 19.5 Å². The van der Waals surface area contributed by atoms with Crippen LogP contribution in [-0.2, 0) is 14.8 Å². The lowest BCUT2D eigenvalue weighted by Gasteiger charge is -2.43. The molecule has 2 aliphatic carbocycles. The fourth-order valence-corrected chi connectivity index (χ4v) is 5.32. The molecule has 7 heteroatoms. The van der Waals surface area contributed by atoms with Crippen LogP contribution in [0, 0.1) is 24.7 Å². The number of anilines is 1. The van der Waals surface area contributed by atoms with Crippen molar-refractivity contribution in [3.8, 4) is 0 Å². The summed E-state index contributed by atoms with van der Waals surface area (Å²) in [6.07, 6.45) is 5.09. The maximum absolute atomic E-state index is 12.7. The van der Waals surface area contributed by atoms with Crippen LogP contribution in [0.1, 0.15) is 37.7 Å². The highest BCUT2D eigenvalue weighted by atomic mass is 32.2. The van der Waals surface area contributed by atoms with Crippen LogP contribution in [0.4, 0.5) is 5.69 Å². The topological polar surface area (TPSA) is 101 Å². The average molecular weight is 365 g/mol. The van der Waals surface area contributed by atoms with Gasteiger partial charge in [-0.25, -0.2) is 13.1 Å². The Bertz CT molecular complexity index is 749. The van der Waals surface area contributed by atoms with E-state index in [0.717, 1.165) is 25.7 Å². The Balaban J connectivity index is 1.74. The smallest absolute Gasteiger partial charge is 0.240 e. The maximum atomic E-state index is 12.7. The van der Waals surface area contributed by atoms with E-state index in [-0.39, 0.29) is 22.8 Å². The lowest BCUT2D eigenvalue weighted by molar-refractivity contribution is -0.122. The molecule has 2 saturated carbocycles. The van der Waals surface area contributed by atoms with E-state index in [9.17, 15) is 13.2 Å². The summed E-state index contributed by atoms with van der Waals surface area (Å²) >= 11 is 0. The molecule has 138 valence electrons. The van der Waals surface area contributed by atoms with Crippen LogP contribution >= 0.6 is 0 Å². The molecule has 0 spiro atoms. The Morgan fingerprint density at radius 3 is 2.44 bits per heavy atom. The normalized spacial score (nSPS) is 29.2. The summed E-state index contributed by atoms with van der Waals surface area (Å²) in [4.78, 5) is 12.9. The number of aryl methyl sites for hydroxylation is 1. The lowest BCUT2D eigenvalue weighted by Crippen LogP contribution is -2.48. The SMILES string of the molecule is CNS(=O)(=O)c1cc(NC(=O)C2CC3CCCC(C2)C3N)ccc1C. The Morgan fingerprint density at radius 2 is 1.84 bits per heavy atom. The molecule has 0 radical (unpaired) electrons. The second-order valence-electron chi connectivity index (χ2n) is 7.37. The summed E-state index contributed by atoms with van der Waals surface area (Å²) in [7, 11) is -2.17. The van der Waals surface area contributed by atoms with E-state index in [4.69, 9.17) is 5.73 Å². The van der Waals surface area contributed by atoms with E-state index in [0.29, 0.717) is 23.1 Å². The quantitative estimate of drug-likeness (QED) is 0.759. The molecule has 4 N–H and O–H groups in total. The molecule has 2 unspecified atom stereocenters. The predicted molar refractivity (Wildman–Crippen MR) is 97.6 cm³/mol. The highest BCUT2D eigenvalue weighted by Crippen LogP contribution is 2.42. The van der Waals surface area contributed by atoms with Crippen molar-refractivity contribution in [2.75, 3.05) is 12.4 Å². The monoisotopic (exact) mass is 365 g/mol. The molecule has 6 nitrogen and oxygen atoms in total. The third-order valence-electron chi connectivity index (χ3n) is 5.80. The van der Waals surface area contributed by atoms with E-state index < -0.39 is 10.0 Å². The molecule has 1 aromatic carbocycles. The standard InChI is InChI=1S/C18H27N3O3S/c1-11-6-7-15(10-16(11)25(23,24)20-2)21-18(22)14-8-12-4-3-5-13(9-14)17(12)19/h6-7,10,12-14,17,20H,3-5,8-9,19H2,1-2H3,(H,21,22). The van der Waals surface area contributed by atoms with Crippen molar-refractivity contribution in [1.82, 2.24) is 4.72 Å². The first-order valence-corrected chi connectivity index (χ1v) is 10.4. The van der Waals surface area contributed by atoms with Gasteiger partial charge in [0.05, 0.1) is 4.90 Å². The van der Waals surface area contributed by atoms with Crippen molar-refractivity contribution in [2.45, 2.75) is 50.0 Å². The van der Waals surface area contributed by atoms with Gasteiger partial charge in [-0.1, -0.05) is 12.5 Å². The number of fused-ring (bicyclic) bond motifs is 2. The van der Waals surface area contributed by atoms with Crippen LogP contribution in [0.25, 0.3) is 0 Å². The van der Waals surface area contributed by atoms with Gasteiger partial charge < -0.3 is 11.1 Å². The predicted octanol–water partition coefficient (Wildman–Crippen LogP) is 2.00. The van der Waals surface area contributed by atoms with Crippen LogP contribution in [0.2, 0.25) is 0 Å². The molecule has 1 aromatic rings. The summed E-state index contributed by atoms with van der Waals surface area (Å²) in [6.45, 7) is 1.74. The molecule has 25 heavy (non-hydrogen) atoms. The Hall–Kier alpha value is -1.44. The van der Waals surface area contributed by atoms with E-state index >= 15 is 0 Å². The number of hydrogen-bond acceptors (Lipinski definition) is 4. The first kappa shape index (κ1) is 18.4. The minimum Gasteiger partial charge on any atom is -0.327 e. The van der Waals surface area contributed by atoms with Crippen molar-refractivity contribution in [2.24, 2.45) is 23.5 Å². The number of benzene rings is 1. The fraction of sp³-hybridized carbons (Fsp3) is 0.611. The van der Waals surface area contributed by atoms with Gasteiger partial charge >= 0.3 is 0 Å². The highest BCUT2D eigenvalue weighted by Gasteiger charge is 2.40. The van der Waals surface area contributed by atoms with E-state index in [2.05, 4.69) is 10.0 Å². The number of hydrogen-bond donors (Lipinski definition) is 3. The lowest BCUT2D eigenvalue weighted by atomic mass is 9.65. The molecule has 0 heterocycles. The highest BCUT2D eigenvalue weighted by molar-refractivity contribution is 7.89. The summed E-state index contributed by atoms with van der Waals surface area (Å²) in [5, 5.41) is 2.91. The summed E-state index contributed by atoms with van der Waals surface area (Å²) in [5.74, 6) is 0.796. The van der Waals surface area contributed by atoms with Gasteiger partial charge in [-0.05, 0) is 69.2 Å². The summed E-state index contributed by atoms with van der Waals surface area (Å²) < 4.78 is 26.5. The van der Waals surface area contributed by atoms with Crippen LogP contribution in [0.15, 0.2) is 23.1 Å². The van der Waals surface area contributed by atoms with Crippen LogP contribution in [-0.4, -0.2) is 27.4 Å². The second kappa shape index (κ2) is 7.05. The largest absolute Gasteiger partial charge is 0.327 e. The Kier molecular flexibility index (Phi) is 5.18. The number of nitrogens with two attached hydrogens (primary N) is 1. The number of carbonyl (C=O) groups excluding carboxylic acids is 1. The molecular weight excluding hydrogens is 338 g/mol. The van der Waals surface area contributed by atoms with Crippen LogP contribution in [0.3, 0.4) is 0 Å². The van der Waals surface area contributed by atoms with Crippen molar-refractivity contribution >= 4 is 21.6 Å². The molecule has 2 bridgehead atoms. The van der Waals surface area contributed by atoms with E-state index in [1.807, 2.05) is 0 Å². The zero-order valence-electron chi connectivity index (χ0n) is 14.8. The minimum atomic E-state index is -3.55. The first-order chi connectivity index (χ1) is 11.8. The number of sulfonamides is 1.